The van der Waals surface area contributed by atoms with Crippen molar-refractivity contribution in [1.29, 1.82) is 0 Å². The van der Waals surface area contributed by atoms with Gasteiger partial charge in [-0.15, -0.1) is 0 Å². The van der Waals surface area contributed by atoms with Gasteiger partial charge in [-0.25, -0.2) is 0 Å². The highest BCUT2D eigenvalue weighted by atomic mass is 16.5. The van der Waals surface area contributed by atoms with E-state index >= 15 is 0 Å². The quantitative estimate of drug-likeness (QED) is 0.573. The van der Waals surface area contributed by atoms with Crippen molar-refractivity contribution >= 4 is 17.6 Å². The Bertz CT molecular complexity index is 373. The summed E-state index contributed by atoms with van der Waals surface area (Å²) in [4.78, 5) is 21.7. The van der Waals surface area contributed by atoms with Crippen molar-refractivity contribution < 1.29 is 14.3 Å². The summed E-state index contributed by atoms with van der Waals surface area (Å²) in [5, 5.41) is 2.95. The Hall–Kier alpha value is -2.04. The fourth-order valence-corrected chi connectivity index (χ4v) is 1.10. The molecule has 1 aromatic rings. The number of nitrogens with two attached hydrogens (primary N) is 1. The second kappa shape index (κ2) is 5.75. The molecule has 86 valence electrons. The average Bonchev–Trinajstić information content (AvgIpc) is 2.27. The zero-order valence-corrected chi connectivity index (χ0v) is 9.03. The van der Waals surface area contributed by atoms with Gasteiger partial charge in [0, 0.05) is 19.2 Å². The van der Waals surface area contributed by atoms with Crippen LogP contribution in [0.15, 0.2) is 24.3 Å². The second-order valence-corrected chi connectivity index (χ2v) is 3.21. The van der Waals surface area contributed by atoms with Gasteiger partial charge in [-0.3, -0.25) is 9.59 Å². The number of amides is 1. The van der Waals surface area contributed by atoms with E-state index in [0.29, 0.717) is 5.75 Å². The van der Waals surface area contributed by atoms with Crippen LogP contribution in [0.5, 0.6) is 5.75 Å². The molecule has 0 saturated carbocycles. The first-order chi connectivity index (χ1) is 7.61. The fourth-order valence-electron chi connectivity index (χ4n) is 1.10. The molecule has 0 aliphatic rings. The minimum absolute atomic E-state index is 0.00309. The summed E-state index contributed by atoms with van der Waals surface area (Å²) in [5.41, 5.74) is 5.84. The lowest BCUT2D eigenvalue weighted by Gasteiger charge is -2.04. The Labute approximate surface area is 93.6 Å². The highest BCUT2D eigenvalue weighted by molar-refractivity contribution is 5.80. The molecule has 1 rings (SSSR count). The molecule has 1 aromatic carbocycles. The molecule has 0 aliphatic heterocycles. The SMILES string of the molecule is CNc1ccc(OC(=O)CCC(N)=O)cc1. The molecule has 0 heterocycles. The summed E-state index contributed by atoms with van der Waals surface area (Å²) in [6, 6.07) is 6.93. The van der Waals surface area contributed by atoms with Gasteiger partial charge in [0.05, 0.1) is 6.42 Å². The topological polar surface area (TPSA) is 81.4 Å². The van der Waals surface area contributed by atoms with E-state index in [2.05, 4.69) is 5.32 Å². The number of primary amides is 1. The highest BCUT2D eigenvalue weighted by Gasteiger charge is 2.06. The summed E-state index contributed by atoms with van der Waals surface area (Å²) in [6.45, 7) is 0. The molecule has 0 fully saturated rings. The number of carbonyl (C=O) groups excluding carboxylic acids is 2. The summed E-state index contributed by atoms with van der Waals surface area (Å²) < 4.78 is 4.99. The first-order valence-corrected chi connectivity index (χ1v) is 4.88. The maximum absolute atomic E-state index is 11.2. The summed E-state index contributed by atoms with van der Waals surface area (Å²) in [6.07, 6.45) is 0.0105. The first-order valence-electron chi connectivity index (χ1n) is 4.88. The molecular formula is C11H14N2O3. The van der Waals surface area contributed by atoms with Gasteiger partial charge < -0.3 is 15.8 Å². The number of anilines is 1. The lowest BCUT2D eigenvalue weighted by Crippen LogP contribution is -2.15. The summed E-state index contributed by atoms with van der Waals surface area (Å²) in [7, 11) is 1.80. The molecule has 5 nitrogen and oxygen atoms in total. The van der Waals surface area contributed by atoms with Crippen LogP contribution in [0.2, 0.25) is 0 Å². The molecule has 0 aromatic heterocycles. The van der Waals surface area contributed by atoms with Gasteiger partial charge in [0.2, 0.25) is 5.91 Å². The zero-order chi connectivity index (χ0) is 12.0. The molecule has 5 heteroatoms. The van der Waals surface area contributed by atoms with Crippen molar-refractivity contribution in [3.63, 3.8) is 0 Å². The Kier molecular flexibility index (Phi) is 4.32. The van der Waals surface area contributed by atoms with Crippen LogP contribution >= 0.6 is 0 Å². The van der Waals surface area contributed by atoms with Gasteiger partial charge >= 0.3 is 5.97 Å². The van der Waals surface area contributed by atoms with Gasteiger partial charge in [-0.1, -0.05) is 0 Å². The minimum Gasteiger partial charge on any atom is -0.427 e. The van der Waals surface area contributed by atoms with Gasteiger partial charge in [0.15, 0.2) is 0 Å². The smallest absolute Gasteiger partial charge is 0.311 e. The van der Waals surface area contributed by atoms with Crippen LogP contribution in [0, 0.1) is 0 Å². The molecule has 1 amide bonds. The third kappa shape index (κ3) is 4.00. The number of hydrogen-bond acceptors (Lipinski definition) is 4. The van der Waals surface area contributed by atoms with E-state index in [1.807, 2.05) is 0 Å². The Morgan fingerprint density at radius 2 is 1.88 bits per heavy atom. The fraction of sp³-hybridized carbons (Fsp3) is 0.273. The van der Waals surface area contributed by atoms with Crippen molar-refractivity contribution in [2.75, 3.05) is 12.4 Å². The van der Waals surface area contributed by atoms with E-state index in [9.17, 15) is 9.59 Å². The number of carbonyl (C=O) groups is 2. The monoisotopic (exact) mass is 222 g/mol. The maximum atomic E-state index is 11.2. The lowest BCUT2D eigenvalue weighted by molar-refractivity contribution is -0.136. The maximum Gasteiger partial charge on any atom is 0.311 e. The van der Waals surface area contributed by atoms with Crippen molar-refractivity contribution in [3.05, 3.63) is 24.3 Å². The van der Waals surface area contributed by atoms with E-state index in [1.54, 1.807) is 31.3 Å². The van der Waals surface area contributed by atoms with Crippen LogP contribution < -0.4 is 15.8 Å². The van der Waals surface area contributed by atoms with Crippen LogP contribution in [0.3, 0.4) is 0 Å². The van der Waals surface area contributed by atoms with Gasteiger partial charge in [0.25, 0.3) is 0 Å². The predicted molar refractivity (Wildman–Crippen MR) is 60.1 cm³/mol. The molecule has 0 unspecified atom stereocenters. The molecule has 0 saturated heterocycles. The van der Waals surface area contributed by atoms with Gasteiger partial charge in [-0.05, 0) is 24.3 Å². The molecule has 0 aliphatic carbocycles. The van der Waals surface area contributed by atoms with Crippen LogP contribution in [0.25, 0.3) is 0 Å². The minimum atomic E-state index is -0.512. The predicted octanol–water partition coefficient (Wildman–Crippen LogP) is 0.899. The Morgan fingerprint density at radius 3 is 2.38 bits per heavy atom. The Morgan fingerprint density at radius 1 is 1.25 bits per heavy atom. The highest BCUT2D eigenvalue weighted by Crippen LogP contribution is 2.15. The Balaban J connectivity index is 2.46. The van der Waals surface area contributed by atoms with E-state index in [1.165, 1.54) is 0 Å². The second-order valence-electron chi connectivity index (χ2n) is 3.21. The number of esters is 1. The molecular weight excluding hydrogens is 208 g/mol. The molecule has 16 heavy (non-hydrogen) atoms. The van der Waals surface area contributed by atoms with Gasteiger partial charge in [-0.2, -0.15) is 0 Å². The zero-order valence-electron chi connectivity index (χ0n) is 9.03. The molecule has 0 atom stereocenters. The van der Waals surface area contributed by atoms with E-state index in [4.69, 9.17) is 10.5 Å². The lowest BCUT2D eigenvalue weighted by atomic mass is 10.3. The molecule has 0 bridgehead atoms. The average molecular weight is 222 g/mol. The van der Waals surface area contributed by atoms with E-state index in [-0.39, 0.29) is 12.8 Å². The van der Waals surface area contributed by atoms with Crippen molar-refractivity contribution in [1.82, 2.24) is 0 Å². The van der Waals surface area contributed by atoms with Crippen molar-refractivity contribution in [3.8, 4) is 5.75 Å². The molecule has 0 spiro atoms. The summed E-state index contributed by atoms with van der Waals surface area (Å²) >= 11 is 0. The van der Waals surface area contributed by atoms with Crippen LogP contribution in [-0.2, 0) is 9.59 Å². The van der Waals surface area contributed by atoms with Gasteiger partial charge in [0.1, 0.15) is 5.75 Å². The third-order valence-electron chi connectivity index (χ3n) is 1.95. The standard InChI is InChI=1S/C11H14N2O3/c1-13-8-2-4-9(5-3-8)16-11(15)7-6-10(12)14/h2-5,13H,6-7H2,1H3,(H2,12,14). The van der Waals surface area contributed by atoms with Crippen LogP contribution in [0.4, 0.5) is 5.69 Å². The van der Waals surface area contributed by atoms with Crippen molar-refractivity contribution in [2.24, 2.45) is 5.73 Å². The largest absolute Gasteiger partial charge is 0.427 e. The number of nitrogens with one attached hydrogen (secondary N) is 1. The third-order valence-corrected chi connectivity index (χ3v) is 1.95. The number of benzene rings is 1. The normalized spacial score (nSPS) is 9.56. The van der Waals surface area contributed by atoms with E-state index < -0.39 is 11.9 Å². The number of ether oxygens (including phenoxy) is 1. The number of hydrogen-bond donors (Lipinski definition) is 2. The van der Waals surface area contributed by atoms with Crippen LogP contribution in [-0.4, -0.2) is 18.9 Å². The summed E-state index contributed by atoms with van der Waals surface area (Å²) in [5.74, 6) is -0.521. The first kappa shape index (κ1) is 12.0. The van der Waals surface area contributed by atoms with Crippen LogP contribution in [0.1, 0.15) is 12.8 Å². The number of rotatable bonds is 5. The molecule has 3 N–H and O–H groups in total. The van der Waals surface area contributed by atoms with Crippen molar-refractivity contribution in [2.45, 2.75) is 12.8 Å². The molecule has 0 radical (unpaired) electrons. The van der Waals surface area contributed by atoms with E-state index in [0.717, 1.165) is 5.69 Å².